The highest BCUT2D eigenvalue weighted by molar-refractivity contribution is 8.00. The van der Waals surface area contributed by atoms with Crippen LogP contribution in [-0.4, -0.2) is 55.4 Å². The van der Waals surface area contributed by atoms with Gasteiger partial charge in [-0.2, -0.15) is 5.26 Å². The lowest BCUT2D eigenvalue weighted by atomic mass is 10.0. The standard InChI is InChI=1S/C28H32N2O5S3/c1-4-5-14-38(32,33)19-22(17-34-20(2)3)35-27(31)18-37-28-24(16-29)23(21-10-7-6-8-11-21)15-25(30-28)26-12-9-13-36-26/h6-13,15,20,22H,4-5,14,17-19H2,1-3H3. The number of esters is 1. The number of pyridine rings is 1. The van der Waals surface area contributed by atoms with Crippen LogP contribution in [0.3, 0.4) is 0 Å². The van der Waals surface area contributed by atoms with Crippen molar-refractivity contribution in [2.24, 2.45) is 0 Å². The van der Waals surface area contributed by atoms with Crippen molar-refractivity contribution < 1.29 is 22.7 Å². The first-order valence-electron chi connectivity index (χ1n) is 12.4. The zero-order chi connectivity index (χ0) is 27.5. The molecule has 0 aliphatic rings. The minimum absolute atomic E-state index is 0.00680. The summed E-state index contributed by atoms with van der Waals surface area (Å²) in [4.78, 5) is 18.5. The van der Waals surface area contributed by atoms with Crippen molar-refractivity contribution in [3.63, 3.8) is 0 Å². The molecule has 0 amide bonds. The van der Waals surface area contributed by atoms with Crippen LogP contribution < -0.4 is 0 Å². The molecule has 0 radical (unpaired) electrons. The van der Waals surface area contributed by atoms with Gasteiger partial charge in [0.25, 0.3) is 0 Å². The number of rotatable bonds is 14. The van der Waals surface area contributed by atoms with Crippen molar-refractivity contribution in [2.45, 2.75) is 50.8 Å². The maximum atomic E-state index is 12.8. The van der Waals surface area contributed by atoms with Gasteiger partial charge in [0.2, 0.25) is 0 Å². The molecule has 1 atom stereocenters. The number of hydrogen-bond donors (Lipinski definition) is 0. The highest BCUT2D eigenvalue weighted by Gasteiger charge is 2.24. The Balaban J connectivity index is 1.82. The maximum absolute atomic E-state index is 12.8. The molecule has 3 aromatic rings. The van der Waals surface area contributed by atoms with Crippen LogP contribution in [-0.2, 0) is 24.1 Å². The number of nitrogens with zero attached hydrogens (tertiary/aromatic N) is 2. The largest absolute Gasteiger partial charge is 0.458 e. The van der Waals surface area contributed by atoms with E-state index in [0.717, 1.165) is 34.2 Å². The molecular weight excluding hydrogens is 541 g/mol. The zero-order valence-electron chi connectivity index (χ0n) is 21.8. The molecule has 38 heavy (non-hydrogen) atoms. The van der Waals surface area contributed by atoms with Crippen LogP contribution in [0.1, 0.15) is 39.2 Å². The van der Waals surface area contributed by atoms with Gasteiger partial charge in [-0.15, -0.1) is 11.3 Å². The number of benzene rings is 1. The van der Waals surface area contributed by atoms with Crippen molar-refractivity contribution >= 4 is 38.9 Å². The summed E-state index contributed by atoms with van der Waals surface area (Å²) in [7, 11) is -3.40. The fraction of sp³-hybridized carbons (Fsp3) is 0.393. The Bertz CT molecular complexity index is 1330. The lowest BCUT2D eigenvalue weighted by molar-refractivity contribution is -0.148. The van der Waals surface area contributed by atoms with E-state index >= 15 is 0 Å². The van der Waals surface area contributed by atoms with Crippen molar-refractivity contribution in [3.8, 4) is 27.8 Å². The van der Waals surface area contributed by atoms with E-state index in [-0.39, 0.29) is 30.0 Å². The number of sulfone groups is 1. The van der Waals surface area contributed by atoms with Crippen LogP contribution in [0.4, 0.5) is 0 Å². The topological polar surface area (TPSA) is 106 Å². The number of nitriles is 1. The number of carbonyl (C=O) groups excluding carboxylic acids is 1. The number of hydrogen-bond acceptors (Lipinski definition) is 9. The third-order valence-electron chi connectivity index (χ3n) is 5.45. The summed E-state index contributed by atoms with van der Waals surface area (Å²) < 4.78 is 36.2. The minimum Gasteiger partial charge on any atom is -0.458 e. The van der Waals surface area contributed by atoms with Crippen LogP contribution >= 0.6 is 23.1 Å². The number of carbonyl (C=O) groups is 1. The molecule has 0 aliphatic heterocycles. The predicted octanol–water partition coefficient (Wildman–Crippen LogP) is 5.99. The smallest absolute Gasteiger partial charge is 0.316 e. The Morgan fingerprint density at radius 1 is 1.18 bits per heavy atom. The van der Waals surface area contributed by atoms with Crippen molar-refractivity contribution in [3.05, 3.63) is 59.5 Å². The highest BCUT2D eigenvalue weighted by atomic mass is 32.2. The first kappa shape index (κ1) is 29.8. The summed E-state index contributed by atoms with van der Waals surface area (Å²) in [5, 5.41) is 12.4. The monoisotopic (exact) mass is 572 g/mol. The Hall–Kier alpha value is -2.71. The Labute approximate surface area is 233 Å². The van der Waals surface area contributed by atoms with E-state index in [1.807, 2.05) is 74.7 Å². The SMILES string of the molecule is CCCCS(=O)(=O)CC(COC(C)C)OC(=O)CSc1nc(-c2cccs2)cc(-c2ccccc2)c1C#N. The molecule has 0 N–H and O–H groups in total. The number of aromatic nitrogens is 1. The number of unbranched alkanes of at least 4 members (excludes halogenated alkanes) is 1. The molecule has 0 spiro atoms. The van der Waals surface area contributed by atoms with E-state index in [2.05, 4.69) is 6.07 Å². The van der Waals surface area contributed by atoms with Gasteiger partial charge in [0, 0.05) is 5.56 Å². The van der Waals surface area contributed by atoms with Gasteiger partial charge in [-0.25, -0.2) is 13.4 Å². The Morgan fingerprint density at radius 2 is 1.95 bits per heavy atom. The molecule has 0 saturated carbocycles. The summed E-state index contributed by atoms with van der Waals surface area (Å²) in [5.74, 6) is -0.964. The molecule has 7 nitrogen and oxygen atoms in total. The first-order chi connectivity index (χ1) is 18.2. The predicted molar refractivity (Wildman–Crippen MR) is 153 cm³/mol. The van der Waals surface area contributed by atoms with Gasteiger partial charge in [-0.1, -0.05) is 61.5 Å². The molecule has 0 saturated heterocycles. The van der Waals surface area contributed by atoms with Gasteiger partial charge < -0.3 is 9.47 Å². The van der Waals surface area contributed by atoms with Crippen molar-refractivity contribution in [2.75, 3.05) is 23.9 Å². The molecule has 1 unspecified atom stereocenters. The van der Waals surface area contributed by atoms with Crippen LogP contribution in [0.2, 0.25) is 0 Å². The van der Waals surface area contributed by atoms with Crippen molar-refractivity contribution in [1.82, 2.24) is 4.98 Å². The average molecular weight is 573 g/mol. The zero-order valence-corrected chi connectivity index (χ0v) is 24.2. The van der Waals surface area contributed by atoms with Crippen molar-refractivity contribution in [1.29, 1.82) is 5.26 Å². The highest BCUT2D eigenvalue weighted by Crippen LogP contribution is 2.35. The van der Waals surface area contributed by atoms with Gasteiger partial charge in [0.1, 0.15) is 17.2 Å². The number of ether oxygens (including phenoxy) is 2. The van der Waals surface area contributed by atoms with E-state index in [0.29, 0.717) is 22.7 Å². The Kier molecular flexibility index (Phi) is 11.3. The van der Waals surface area contributed by atoms with E-state index < -0.39 is 21.9 Å². The molecule has 3 rings (SSSR count). The van der Waals surface area contributed by atoms with Gasteiger partial charge >= 0.3 is 5.97 Å². The van der Waals surface area contributed by atoms with Crippen LogP contribution in [0.25, 0.3) is 21.7 Å². The second kappa shape index (κ2) is 14.4. The quantitative estimate of drug-likeness (QED) is 0.171. The van der Waals surface area contributed by atoms with E-state index in [1.165, 1.54) is 11.3 Å². The molecule has 0 aliphatic carbocycles. The van der Waals surface area contributed by atoms with Gasteiger partial charge in [-0.3, -0.25) is 4.79 Å². The van der Waals surface area contributed by atoms with Crippen LogP contribution in [0, 0.1) is 11.3 Å². The van der Waals surface area contributed by atoms with Gasteiger partial charge in [0.15, 0.2) is 9.84 Å². The summed E-state index contributed by atoms with van der Waals surface area (Å²) in [6, 6.07) is 17.6. The first-order valence-corrected chi connectivity index (χ1v) is 16.1. The third-order valence-corrected chi connectivity index (χ3v) is 9.08. The molecule has 0 bridgehead atoms. The molecule has 0 fully saturated rings. The lowest BCUT2D eigenvalue weighted by Crippen LogP contribution is -2.33. The van der Waals surface area contributed by atoms with Crippen LogP contribution in [0.15, 0.2) is 58.9 Å². The molecule has 2 aromatic heterocycles. The normalized spacial score (nSPS) is 12.3. The fourth-order valence-electron chi connectivity index (χ4n) is 3.62. The van der Waals surface area contributed by atoms with Gasteiger partial charge in [0.05, 0.1) is 46.1 Å². The Morgan fingerprint density at radius 3 is 2.58 bits per heavy atom. The second-order valence-corrected chi connectivity index (χ2v) is 13.1. The van der Waals surface area contributed by atoms with Crippen LogP contribution in [0.5, 0.6) is 0 Å². The second-order valence-electron chi connectivity index (χ2n) is 8.94. The fourth-order valence-corrected chi connectivity index (χ4v) is 6.72. The summed E-state index contributed by atoms with van der Waals surface area (Å²) in [6.45, 7) is 5.58. The molecule has 202 valence electrons. The van der Waals surface area contributed by atoms with E-state index in [1.54, 1.807) is 0 Å². The summed E-state index contributed by atoms with van der Waals surface area (Å²) in [6.07, 6.45) is 0.263. The molecule has 1 aromatic carbocycles. The minimum atomic E-state index is -3.40. The number of thioether (sulfide) groups is 1. The van der Waals surface area contributed by atoms with Gasteiger partial charge in [-0.05, 0) is 43.3 Å². The molecule has 2 heterocycles. The average Bonchev–Trinajstić information content (AvgIpc) is 3.44. The third kappa shape index (κ3) is 8.95. The number of thiophene rings is 1. The molecule has 10 heteroatoms. The summed E-state index contributed by atoms with van der Waals surface area (Å²) in [5.41, 5.74) is 2.68. The molecular formula is C28H32N2O5S3. The maximum Gasteiger partial charge on any atom is 0.316 e. The van der Waals surface area contributed by atoms with E-state index in [4.69, 9.17) is 14.5 Å². The summed E-state index contributed by atoms with van der Waals surface area (Å²) >= 11 is 2.64. The van der Waals surface area contributed by atoms with E-state index in [9.17, 15) is 18.5 Å². The lowest BCUT2D eigenvalue weighted by Gasteiger charge is -2.19.